The van der Waals surface area contributed by atoms with Crippen molar-refractivity contribution in [2.45, 2.75) is 6.42 Å². The fourth-order valence-electron chi connectivity index (χ4n) is 3.01. The van der Waals surface area contributed by atoms with E-state index in [1.165, 1.54) is 10.7 Å². The highest BCUT2D eigenvalue weighted by Gasteiger charge is 2.13. The van der Waals surface area contributed by atoms with Crippen molar-refractivity contribution in [2.24, 2.45) is 5.73 Å². The quantitative estimate of drug-likeness (QED) is 0.510. The molecule has 0 fully saturated rings. The van der Waals surface area contributed by atoms with E-state index in [9.17, 15) is 9.59 Å². The van der Waals surface area contributed by atoms with Gasteiger partial charge in [0.15, 0.2) is 0 Å². The lowest BCUT2D eigenvalue weighted by Crippen LogP contribution is -2.16. The normalized spacial score (nSPS) is 10.8. The lowest BCUT2D eigenvalue weighted by molar-refractivity contribution is -0.115. The number of anilines is 1. The fourth-order valence-corrected chi connectivity index (χ4v) is 3.01. The number of nitrogens with two attached hydrogens (primary N) is 1. The number of carbonyl (C=O) groups is 2. The second kappa shape index (κ2) is 6.80. The van der Waals surface area contributed by atoms with Crippen LogP contribution in [0.15, 0.2) is 67.0 Å². The molecule has 4 N–H and O–H groups in total. The van der Waals surface area contributed by atoms with Gasteiger partial charge >= 0.3 is 0 Å². The summed E-state index contributed by atoms with van der Waals surface area (Å²) >= 11 is 0. The number of H-pyrrole nitrogens is 1. The van der Waals surface area contributed by atoms with E-state index in [0.717, 1.165) is 16.5 Å². The minimum atomic E-state index is -0.602. The van der Waals surface area contributed by atoms with Crippen LogP contribution in [0.25, 0.3) is 16.6 Å². The predicted molar refractivity (Wildman–Crippen MR) is 103 cm³/mol. The van der Waals surface area contributed by atoms with Gasteiger partial charge in [-0.1, -0.05) is 30.3 Å². The molecule has 0 bridgehead atoms. The summed E-state index contributed by atoms with van der Waals surface area (Å²) in [6, 6.07) is 16.6. The Kier molecular flexibility index (Phi) is 4.18. The number of benzene rings is 2. The Bertz CT molecular complexity index is 1140. The molecule has 0 unspecified atom stereocenters. The van der Waals surface area contributed by atoms with E-state index >= 15 is 0 Å². The van der Waals surface area contributed by atoms with E-state index in [1.807, 2.05) is 42.6 Å². The molecule has 4 aromatic rings. The molecule has 0 saturated heterocycles. The van der Waals surface area contributed by atoms with Crippen molar-refractivity contribution in [1.29, 1.82) is 0 Å². The van der Waals surface area contributed by atoms with Gasteiger partial charge in [0.25, 0.3) is 5.91 Å². The van der Waals surface area contributed by atoms with Crippen LogP contribution in [0.5, 0.6) is 0 Å². The first kappa shape index (κ1) is 16.6. The van der Waals surface area contributed by atoms with Gasteiger partial charge in [-0.05, 0) is 29.8 Å². The Labute approximate surface area is 154 Å². The zero-order chi connectivity index (χ0) is 18.8. The third kappa shape index (κ3) is 3.30. The van der Waals surface area contributed by atoms with E-state index in [4.69, 9.17) is 5.73 Å². The van der Waals surface area contributed by atoms with Crippen molar-refractivity contribution in [3.05, 3.63) is 78.2 Å². The number of carbonyl (C=O) groups excluding carboxylic acids is 2. The summed E-state index contributed by atoms with van der Waals surface area (Å²) in [5.74, 6) is -0.746. The van der Waals surface area contributed by atoms with E-state index in [2.05, 4.69) is 15.4 Å². The Morgan fingerprint density at radius 1 is 1.07 bits per heavy atom. The van der Waals surface area contributed by atoms with Crippen molar-refractivity contribution >= 4 is 28.4 Å². The summed E-state index contributed by atoms with van der Waals surface area (Å²) < 4.78 is 1.52. The Morgan fingerprint density at radius 3 is 2.67 bits per heavy atom. The molecular weight excluding hydrogens is 342 g/mol. The maximum absolute atomic E-state index is 12.6. The highest BCUT2D eigenvalue weighted by molar-refractivity contribution is 5.97. The van der Waals surface area contributed by atoms with Crippen LogP contribution in [-0.2, 0) is 11.2 Å². The van der Waals surface area contributed by atoms with E-state index in [-0.39, 0.29) is 18.0 Å². The molecule has 2 amide bonds. The van der Waals surface area contributed by atoms with Crippen LogP contribution in [0.3, 0.4) is 0 Å². The van der Waals surface area contributed by atoms with Crippen LogP contribution >= 0.6 is 0 Å². The zero-order valence-electron chi connectivity index (χ0n) is 14.3. The molecule has 0 spiro atoms. The number of nitrogens with one attached hydrogen (secondary N) is 2. The van der Waals surface area contributed by atoms with Crippen LogP contribution in [0.1, 0.15) is 16.1 Å². The molecule has 2 aromatic heterocycles. The molecule has 0 saturated carbocycles. The molecule has 4 rings (SSSR count). The van der Waals surface area contributed by atoms with Crippen LogP contribution in [0, 0.1) is 0 Å². The minimum absolute atomic E-state index is 0.144. The SMILES string of the molecule is NC(=O)c1ccn(-c2ccccc2NC(=O)Cc2c[nH]c3ccccc23)n1. The second-order valence-corrected chi connectivity index (χ2v) is 6.11. The van der Waals surface area contributed by atoms with Crippen molar-refractivity contribution in [3.63, 3.8) is 0 Å². The second-order valence-electron chi connectivity index (χ2n) is 6.11. The number of primary amides is 1. The molecule has 0 aliphatic carbocycles. The van der Waals surface area contributed by atoms with E-state index in [0.29, 0.717) is 11.4 Å². The number of hydrogen-bond donors (Lipinski definition) is 3. The lowest BCUT2D eigenvalue weighted by Gasteiger charge is -2.11. The average molecular weight is 359 g/mol. The van der Waals surface area contributed by atoms with Crippen molar-refractivity contribution in [1.82, 2.24) is 14.8 Å². The molecule has 0 radical (unpaired) electrons. The number of hydrogen-bond acceptors (Lipinski definition) is 3. The minimum Gasteiger partial charge on any atom is -0.364 e. The summed E-state index contributed by atoms with van der Waals surface area (Å²) in [7, 11) is 0. The first-order valence-corrected chi connectivity index (χ1v) is 8.41. The van der Waals surface area contributed by atoms with Crippen molar-refractivity contribution in [3.8, 4) is 5.69 Å². The highest BCUT2D eigenvalue weighted by atomic mass is 16.2. The molecule has 134 valence electrons. The molecule has 0 aliphatic rings. The van der Waals surface area contributed by atoms with Gasteiger partial charge in [-0.15, -0.1) is 0 Å². The summed E-state index contributed by atoms with van der Waals surface area (Å²) in [5, 5.41) is 8.10. The topological polar surface area (TPSA) is 106 Å². The lowest BCUT2D eigenvalue weighted by atomic mass is 10.1. The van der Waals surface area contributed by atoms with E-state index < -0.39 is 5.91 Å². The molecule has 27 heavy (non-hydrogen) atoms. The van der Waals surface area contributed by atoms with Crippen LogP contribution in [-0.4, -0.2) is 26.6 Å². The van der Waals surface area contributed by atoms with E-state index in [1.54, 1.807) is 18.3 Å². The predicted octanol–water partition coefficient (Wildman–Crippen LogP) is 2.63. The molecule has 2 heterocycles. The van der Waals surface area contributed by atoms with Crippen molar-refractivity contribution < 1.29 is 9.59 Å². The van der Waals surface area contributed by atoms with Gasteiger partial charge in [-0.2, -0.15) is 5.10 Å². The van der Waals surface area contributed by atoms with Gasteiger partial charge in [0.2, 0.25) is 5.91 Å². The number of amides is 2. The summed E-state index contributed by atoms with van der Waals surface area (Å²) in [5.41, 5.74) is 8.59. The monoisotopic (exact) mass is 359 g/mol. The van der Waals surface area contributed by atoms with Crippen molar-refractivity contribution in [2.75, 3.05) is 5.32 Å². The highest BCUT2D eigenvalue weighted by Crippen LogP contribution is 2.22. The van der Waals surface area contributed by atoms with Gasteiger partial charge in [0.1, 0.15) is 5.69 Å². The molecular formula is C20H17N5O2. The number of aromatic nitrogens is 3. The number of fused-ring (bicyclic) bond motifs is 1. The van der Waals surface area contributed by atoms with Crippen LogP contribution in [0.4, 0.5) is 5.69 Å². The third-order valence-electron chi connectivity index (χ3n) is 4.29. The smallest absolute Gasteiger partial charge is 0.269 e. The Balaban J connectivity index is 1.57. The molecule has 7 heteroatoms. The Morgan fingerprint density at radius 2 is 1.85 bits per heavy atom. The average Bonchev–Trinajstić information content (AvgIpc) is 3.30. The Hall–Kier alpha value is -3.87. The van der Waals surface area contributed by atoms with Gasteiger partial charge < -0.3 is 16.0 Å². The first-order chi connectivity index (χ1) is 13.1. The third-order valence-corrected chi connectivity index (χ3v) is 4.29. The van der Waals surface area contributed by atoms with Gasteiger partial charge in [0.05, 0.1) is 17.8 Å². The van der Waals surface area contributed by atoms with Gasteiger partial charge in [0, 0.05) is 23.3 Å². The largest absolute Gasteiger partial charge is 0.364 e. The number of rotatable bonds is 5. The molecule has 2 aromatic carbocycles. The van der Waals surface area contributed by atoms with Crippen LogP contribution in [0.2, 0.25) is 0 Å². The number of para-hydroxylation sites is 3. The van der Waals surface area contributed by atoms with Crippen LogP contribution < -0.4 is 11.1 Å². The maximum Gasteiger partial charge on any atom is 0.269 e. The van der Waals surface area contributed by atoms with Gasteiger partial charge in [-0.3, -0.25) is 9.59 Å². The zero-order valence-corrected chi connectivity index (χ0v) is 14.3. The van der Waals surface area contributed by atoms with Gasteiger partial charge in [-0.25, -0.2) is 4.68 Å². The summed E-state index contributed by atoms with van der Waals surface area (Å²) in [6.07, 6.45) is 3.72. The molecule has 0 aliphatic heterocycles. The fraction of sp³-hybridized carbons (Fsp3) is 0.0500. The number of aromatic amines is 1. The summed E-state index contributed by atoms with van der Waals surface area (Å²) in [4.78, 5) is 27.0. The first-order valence-electron chi connectivity index (χ1n) is 8.41. The summed E-state index contributed by atoms with van der Waals surface area (Å²) in [6.45, 7) is 0. The number of nitrogens with zero attached hydrogens (tertiary/aromatic N) is 2. The standard InChI is InChI=1S/C20H17N5O2/c21-20(27)17-9-10-25(24-17)18-8-4-3-7-16(18)23-19(26)11-13-12-22-15-6-2-1-5-14(13)15/h1-10,12,22H,11H2,(H2,21,27)(H,23,26). The molecule has 0 atom stereocenters. The maximum atomic E-state index is 12.6. The molecule has 7 nitrogen and oxygen atoms in total.